The summed E-state index contributed by atoms with van der Waals surface area (Å²) in [6.07, 6.45) is 1.06. The number of nitrogens with one attached hydrogen (secondary N) is 2. The molecule has 2 amide bonds. The summed E-state index contributed by atoms with van der Waals surface area (Å²) in [7, 11) is 0. The molecule has 7 rings (SSSR count). The minimum Gasteiger partial charge on any atom is -0.507 e. The van der Waals surface area contributed by atoms with Crippen molar-refractivity contribution in [2.75, 3.05) is 19.7 Å². The molecule has 4 aromatic rings. The number of aromatic nitrogens is 2. The molecule has 10 nitrogen and oxygen atoms in total. The molecule has 1 atom stereocenters. The van der Waals surface area contributed by atoms with E-state index in [1.807, 2.05) is 47.4 Å². The van der Waals surface area contributed by atoms with Crippen LogP contribution in [-0.4, -0.2) is 51.5 Å². The fourth-order valence-corrected chi connectivity index (χ4v) is 5.74. The molecule has 0 saturated carbocycles. The highest BCUT2D eigenvalue weighted by molar-refractivity contribution is 5.97. The van der Waals surface area contributed by atoms with Gasteiger partial charge in [0.05, 0.1) is 24.6 Å². The van der Waals surface area contributed by atoms with E-state index in [1.165, 1.54) is 12.1 Å². The van der Waals surface area contributed by atoms with E-state index >= 15 is 0 Å². The van der Waals surface area contributed by atoms with E-state index in [0.717, 1.165) is 16.7 Å². The van der Waals surface area contributed by atoms with Crippen molar-refractivity contribution in [2.45, 2.75) is 39.2 Å². The highest BCUT2D eigenvalue weighted by atomic mass is 16.5. The van der Waals surface area contributed by atoms with Crippen LogP contribution >= 0.6 is 0 Å². The Morgan fingerprint density at radius 3 is 2.70 bits per heavy atom. The minimum atomic E-state index is -0.412. The number of benzene rings is 3. The zero-order valence-corrected chi connectivity index (χ0v) is 24.0. The van der Waals surface area contributed by atoms with Gasteiger partial charge in [0, 0.05) is 24.3 Å². The number of hydrogen-bond donors (Lipinski definition) is 3. The number of H-pyrrole nitrogens is 1. The van der Waals surface area contributed by atoms with Gasteiger partial charge in [0.1, 0.15) is 28.8 Å². The van der Waals surface area contributed by atoms with Crippen LogP contribution in [0.3, 0.4) is 0 Å². The summed E-state index contributed by atoms with van der Waals surface area (Å²) in [6, 6.07) is 17.5. The third-order valence-corrected chi connectivity index (χ3v) is 7.83. The molecule has 3 aliphatic rings. The van der Waals surface area contributed by atoms with E-state index in [4.69, 9.17) is 9.47 Å². The van der Waals surface area contributed by atoms with Crippen LogP contribution < -0.4 is 20.3 Å². The number of hydrogen-bond acceptors (Lipinski definition) is 7. The van der Waals surface area contributed by atoms with Gasteiger partial charge in [-0.15, -0.1) is 0 Å². The van der Waals surface area contributed by atoms with Crippen molar-refractivity contribution in [2.24, 2.45) is 0 Å². The fraction of sp³-hybridized carbons (Fsp3) is 0.273. The Morgan fingerprint density at radius 2 is 1.86 bits per heavy atom. The smallest absolute Gasteiger partial charge is 0.255 e. The minimum absolute atomic E-state index is 0.0629. The van der Waals surface area contributed by atoms with E-state index in [-0.39, 0.29) is 29.2 Å². The van der Waals surface area contributed by atoms with Gasteiger partial charge in [0.2, 0.25) is 5.91 Å². The van der Waals surface area contributed by atoms with Crippen molar-refractivity contribution in [1.29, 1.82) is 0 Å². The molecule has 1 aromatic heterocycles. The maximum Gasteiger partial charge on any atom is 0.255 e. The molecule has 0 aliphatic carbocycles. The van der Waals surface area contributed by atoms with Crippen LogP contribution in [0.4, 0.5) is 0 Å². The number of amides is 2. The van der Waals surface area contributed by atoms with Gasteiger partial charge < -0.3 is 29.8 Å². The van der Waals surface area contributed by atoms with Crippen LogP contribution in [0.25, 0.3) is 0 Å². The maximum atomic E-state index is 13.9. The Morgan fingerprint density at radius 1 is 1.05 bits per heavy atom. The lowest BCUT2D eigenvalue weighted by atomic mass is 9.87. The van der Waals surface area contributed by atoms with Gasteiger partial charge in [-0.2, -0.15) is 0 Å². The molecule has 1 unspecified atom stereocenters. The summed E-state index contributed by atoms with van der Waals surface area (Å²) >= 11 is 0. The van der Waals surface area contributed by atoms with Crippen molar-refractivity contribution in [3.63, 3.8) is 0 Å². The van der Waals surface area contributed by atoms with Gasteiger partial charge in [0.15, 0.2) is 0 Å². The van der Waals surface area contributed by atoms with Crippen LogP contribution in [0.15, 0.2) is 65.5 Å². The second kappa shape index (κ2) is 11.6. The number of carbonyl (C=O) groups is 2. The summed E-state index contributed by atoms with van der Waals surface area (Å²) < 4.78 is 12.1. The summed E-state index contributed by atoms with van der Waals surface area (Å²) in [5, 5.41) is 13.1. The van der Waals surface area contributed by atoms with E-state index in [9.17, 15) is 19.5 Å². The van der Waals surface area contributed by atoms with Crippen molar-refractivity contribution >= 4 is 11.8 Å². The monoisotopic (exact) mass is 580 g/mol. The molecule has 0 spiro atoms. The number of nitrogens with zero attached hydrogens (tertiary/aromatic N) is 2. The molecule has 10 heteroatoms. The predicted molar refractivity (Wildman–Crippen MR) is 159 cm³/mol. The lowest BCUT2D eigenvalue weighted by molar-refractivity contribution is -0.132. The maximum absolute atomic E-state index is 13.9. The van der Waals surface area contributed by atoms with E-state index in [2.05, 4.69) is 15.3 Å². The number of carbonyl (C=O) groups excluding carboxylic acids is 2. The van der Waals surface area contributed by atoms with Gasteiger partial charge >= 0.3 is 0 Å². The van der Waals surface area contributed by atoms with Crippen LogP contribution in [0.5, 0.6) is 23.0 Å². The molecule has 8 bridgehead atoms. The van der Waals surface area contributed by atoms with Crippen LogP contribution in [0.2, 0.25) is 0 Å². The van der Waals surface area contributed by atoms with Gasteiger partial charge in [-0.3, -0.25) is 14.4 Å². The quantitative estimate of drug-likeness (QED) is 0.325. The Balaban J connectivity index is 1.40. The predicted octanol–water partition coefficient (Wildman–Crippen LogP) is 4.11. The molecular formula is C33H32N4O6. The number of phenolic OH excluding ortho intramolecular Hbond substituents is 1. The summed E-state index contributed by atoms with van der Waals surface area (Å²) in [6.45, 7) is 4.61. The number of rotatable bonds is 2. The Labute approximate surface area is 248 Å². The van der Waals surface area contributed by atoms with Crippen LogP contribution in [0.1, 0.15) is 56.6 Å². The van der Waals surface area contributed by atoms with Crippen molar-refractivity contribution in [3.05, 3.63) is 110 Å². The first kappa shape index (κ1) is 28.0. The molecule has 0 saturated heterocycles. The molecule has 4 heterocycles. The summed E-state index contributed by atoms with van der Waals surface area (Å²) in [4.78, 5) is 48.2. The molecule has 0 fully saturated rings. The standard InChI is InChI=1S/C33H32N4O6/c1-19-27(33(41)36-20(2)35-19)18-30(39)37-13-11-21-15-24-7-9-26(21)31(37)22-5-3-6-23(16-22)42-14-4-12-34-32(40)28-17-25(43-24)8-10-29(28)38/h3,5-10,15-17,31,38H,4,11-14,18H2,1-2H3,(H,34,40)(H,35,36,41). The number of aryl methyl sites for hydroxylation is 2. The first-order valence-corrected chi connectivity index (χ1v) is 14.3. The zero-order valence-electron chi connectivity index (χ0n) is 24.0. The summed E-state index contributed by atoms with van der Waals surface area (Å²) in [5.41, 5.74) is 3.57. The van der Waals surface area contributed by atoms with Crippen LogP contribution in [-0.2, 0) is 17.6 Å². The third kappa shape index (κ3) is 5.81. The third-order valence-electron chi connectivity index (χ3n) is 7.83. The molecule has 3 aromatic carbocycles. The Hall–Kier alpha value is -5.12. The van der Waals surface area contributed by atoms with Crippen molar-refractivity contribution in [1.82, 2.24) is 20.2 Å². The average molecular weight is 581 g/mol. The second-order valence-corrected chi connectivity index (χ2v) is 10.8. The van der Waals surface area contributed by atoms with Crippen LogP contribution in [0, 0.1) is 13.8 Å². The average Bonchev–Trinajstić information content (AvgIpc) is 2.98. The molecular weight excluding hydrogens is 548 g/mol. The fourth-order valence-electron chi connectivity index (χ4n) is 5.74. The number of aromatic amines is 1. The second-order valence-electron chi connectivity index (χ2n) is 10.8. The topological polar surface area (TPSA) is 134 Å². The molecule has 220 valence electrons. The molecule has 3 aliphatic heterocycles. The first-order valence-electron chi connectivity index (χ1n) is 14.3. The number of phenols is 1. The zero-order chi connectivity index (χ0) is 30.1. The van der Waals surface area contributed by atoms with Crippen molar-refractivity contribution in [3.8, 4) is 23.0 Å². The highest BCUT2D eigenvalue weighted by Gasteiger charge is 2.33. The normalized spacial score (nSPS) is 16.4. The lowest BCUT2D eigenvalue weighted by Crippen LogP contribution is -2.42. The van der Waals surface area contributed by atoms with E-state index in [0.29, 0.717) is 66.9 Å². The highest BCUT2D eigenvalue weighted by Crippen LogP contribution is 2.39. The van der Waals surface area contributed by atoms with E-state index in [1.54, 1.807) is 19.9 Å². The molecule has 43 heavy (non-hydrogen) atoms. The van der Waals surface area contributed by atoms with Gasteiger partial charge in [-0.05, 0) is 85.8 Å². The van der Waals surface area contributed by atoms with Crippen molar-refractivity contribution < 1.29 is 24.2 Å². The summed E-state index contributed by atoms with van der Waals surface area (Å²) in [5.74, 6) is 1.43. The van der Waals surface area contributed by atoms with Gasteiger partial charge in [-0.25, -0.2) is 4.98 Å². The SMILES string of the molecule is Cc1nc(C)c(CC(=O)N2CCc3cc4ccc3C2c2cccc(c2)OCCCNC(=O)c2cc(ccc2O)O4)c(=O)[nH]1. The van der Waals surface area contributed by atoms with E-state index < -0.39 is 11.9 Å². The number of fused-ring (bicyclic) bond motifs is 6. The molecule has 0 radical (unpaired) electrons. The molecule has 3 N–H and O–H groups in total. The van der Waals surface area contributed by atoms with Gasteiger partial charge in [-0.1, -0.05) is 18.2 Å². The Bertz CT molecular complexity index is 1780. The van der Waals surface area contributed by atoms with Gasteiger partial charge in [0.25, 0.3) is 11.5 Å². The largest absolute Gasteiger partial charge is 0.507 e. The number of ether oxygens (including phenoxy) is 2. The lowest BCUT2D eigenvalue weighted by Gasteiger charge is -2.38. The first-order chi connectivity index (χ1) is 20.8. The Kier molecular flexibility index (Phi) is 7.58. The number of aromatic hydroxyl groups is 1.